The molecule has 2 atom stereocenters. The topological polar surface area (TPSA) is 38.0 Å². The lowest BCUT2D eigenvalue weighted by Crippen LogP contribution is -2.41. The number of hydrogen-bond donors (Lipinski definition) is 2. The van der Waals surface area contributed by atoms with Crippen molar-refractivity contribution >= 4 is 23.2 Å². The molecule has 17 heavy (non-hydrogen) atoms. The number of halogens is 2. The van der Waals surface area contributed by atoms with Crippen molar-refractivity contribution in [2.24, 2.45) is 11.8 Å². The summed E-state index contributed by atoms with van der Waals surface area (Å²) >= 11 is 12.1. The van der Waals surface area contributed by atoms with Gasteiger partial charge >= 0.3 is 0 Å². The predicted molar refractivity (Wildman–Crippen MR) is 75.3 cm³/mol. The van der Waals surface area contributed by atoms with Crippen molar-refractivity contribution in [1.82, 2.24) is 5.43 Å². The largest absolute Gasteiger partial charge is 0.271 e. The molecule has 0 saturated carbocycles. The minimum absolute atomic E-state index is 0.228. The highest BCUT2D eigenvalue weighted by Crippen LogP contribution is 2.24. The first-order chi connectivity index (χ1) is 8.08. The molecule has 0 saturated heterocycles. The van der Waals surface area contributed by atoms with Crippen molar-refractivity contribution in [1.29, 1.82) is 0 Å². The smallest absolute Gasteiger partial charge is 0.0439 e. The van der Waals surface area contributed by atoms with Gasteiger partial charge in [-0.05, 0) is 42.5 Å². The van der Waals surface area contributed by atoms with Crippen LogP contribution in [0.4, 0.5) is 0 Å². The van der Waals surface area contributed by atoms with Gasteiger partial charge in [0, 0.05) is 16.1 Å². The Morgan fingerprint density at radius 1 is 1.35 bits per heavy atom. The van der Waals surface area contributed by atoms with E-state index in [1.54, 1.807) is 6.07 Å². The summed E-state index contributed by atoms with van der Waals surface area (Å²) in [5.41, 5.74) is 3.93. The van der Waals surface area contributed by atoms with Crippen LogP contribution in [0, 0.1) is 5.92 Å². The second-order valence-corrected chi connectivity index (χ2v) is 5.32. The summed E-state index contributed by atoms with van der Waals surface area (Å²) in [6.45, 7) is 4.38. The molecular formula is C13H20Cl2N2. The number of nitrogens with two attached hydrogens (primary N) is 1. The average molecular weight is 275 g/mol. The molecule has 2 unspecified atom stereocenters. The molecule has 0 amide bonds. The lowest BCUT2D eigenvalue weighted by molar-refractivity contribution is 0.357. The molecule has 0 heterocycles. The van der Waals surface area contributed by atoms with Crippen LogP contribution in [-0.2, 0) is 6.42 Å². The molecule has 0 spiro atoms. The maximum atomic E-state index is 6.15. The Bertz CT molecular complexity index is 355. The van der Waals surface area contributed by atoms with E-state index >= 15 is 0 Å². The van der Waals surface area contributed by atoms with Crippen molar-refractivity contribution in [3.05, 3.63) is 33.8 Å². The highest BCUT2D eigenvalue weighted by Gasteiger charge is 2.17. The van der Waals surface area contributed by atoms with Gasteiger partial charge in [0.2, 0.25) is 0 Å². The van der Waals surface area contributed by atoms with Gasteiger partial charge in [0.25, 0.3) is 0 Å². The van der Waals surface area contributed by atoms with Crippen LogP contribution in [-0.4, -0.2) is 6.04 Å². The molecule has 0 aliphatic carbocycles. The van der Waals surface area contributed by atoms with Gasteiger partial charge in [-0.1, -0.05) is 43.5 Å². The summed E-state index contributed by atoms with van der Waals surface area (Å²) in [7, 11) is 0. The minimum Gasteiger partial charge on any atom is -0.271 e. The van der Waals surface area contributed by atoms with Gasteiger partial charge in [0.1, 0.15) is 0 Å². The van der Waals surface area contributed by atoms with E-state index in [0.29, 0.717) is 10.9 Å². The third kappa shape index (κ3) is 4.47. The Labute approximate surface area is 113 Å². The Morgan fingerprint density at radius 2 is 2.06 bits per heavy atom. The Morgan fingerprint density at radius 3 is 2.65 bits per heavy atom. The van der Waals surface area contributed by atoms with Gasteiger partial charge < -0.3 is 0 Å². The summed E-state index contributed by atoms with van der Waals surface area (Å²) in [5, 5.41) is 1.46. The van der Waals surface area contributed by atoms with Gasteiger partial charge in [-0.3, -0.25) is 11.3 Å². The Hall–Kier alpha value is -0.280. The number of hydrazine groups is 1. The first-order valence-electron chi connectivity index (χ1n) is 5.98. The first kappa shape index (κ1) is 14.8. The highest BCUT2D eigenvalue weighted by atomic mass is 35.5. The summed E-state index contributed by atoms with van der Waals surface area (Å²) in [4.78, 5) is 0. The van der Waals surface area contributed by atoms with Crippen LogP contribution < -0.4 is 11.3 Å². The summed E-state index contributed by atoms with van der Waals surface area (Å²) in [6, 6.07) is 5.77. The molecule has 0 aliphatic heterocycles. The van der Waals surface area contributed by atoms with E-state index in [9.17, 15) is 0 Å². The second-order valence-electron chi connectivity index (χ2n) is 4.48. The fraction of sp³-hybridized carbons (Fsp3) is 0.538. The van der Waals surface area contributed by atoms with Gasteiger partial charge in [0.05, 0.1) is 0 Å². The quantitative estimate of drug-likeness (QED) is 0.612. The average Bonchev–Trinajstić information content (AvgIpc) is 2.30. The zero-order valence-corrected chi connectivity index (χ0v) is 11.9. The van der Waals surface area contributed by atoms with Crippen LogP contribution in [0.2, 0.25) is 10.0 Å². The van der Waals surface area contributed by atoms with E-state index in [2.05, 4.69) is 19.3 Å². The van der Waals surface area contributed by atoms with Gasteiger partial charge in [-0.2, -0.15) is 0 Å². The molecule has 96 valence electrons. The third-order valence-corrected chi connectivity index (χ3v) is 3.70. The van der Waals surface area contributed by atoms with Crippen molar-refractivity contribution in [2.75, 3.05) is 0 Å². The van der Waals surface area contributed by atoms with Gasteiger partial charge in [-0.15, -0.1) is 0 Å². The Balaban J connectivity index is 2.76. The lowest BCUT2D eigenvalue weighted by Gasteiger charge is -2.23. The van der Waals surface area contributed by atoms with Crippen LogP contribution in [0.1, 0.15) is 32.3 Å². The van der Waals surface area contributed by atoms with Crippen molar-refractivity contribution in [3.8, 4) is 0 Å². The van der Waals surface area contributed by atoms with Crippen LogP contribution in [0.5, 0.6) is 0 Å². The first-order valence-corrected chi connectivity index (χ1v) is 6.74. The van der Waals surface area contributed by atoms with E-state index in [4.69, 9.17) is 29.0 Å². The van der Waals surface area contributed by atoms with Crippen LogP contribution >= 0.6 is 23.2 Å². The van der Waals surface area contributed by atoms with Gasteiger partial charge in [-0.25, -0.2) is 0 Å². The van der Waals surface area contributed by atoms with E-state index < -0.39 is 0 Å². The van der Waals surface area contributed by atoms with Crippen molar-refractivity contribution < 1.29 is 0 Å². The van der Waals surface area contributed by atoms with E-state index in [1.165, 1.54) is 0 Å². The number of nitrogens with one attached hydrogen (secondary N) is 1. The molecule has 0 bridgehead atoms. The van der Waals surface area contributed by atoms with Crippen LogP contribution in [0.25, 0.3) is 0 Å². The molecule has 3 N–H and O–H groups in total. The minimum atomic E-state index is 0.228. The van der Waals surface area contributed by atoms with Gasteiger partial charge in [0.15, 0.2) is 0 Å². The molecular weight excluding hydrogens is 255 g/mol. The Kier molecular flexibility index (Phi) is 6.28. The summed E-state index contributed by atoms with van der Waals surface area (Å²) < 4.78 is 0. The summed E-state index contributed by atoms with van der Waals surface area (Å²) in [5.74, 6) is 6.13. The van der Waals surface area contributed by atoms with E-state index in [0.717, 1.165) is 29.8 Å². The fourth-order valence-corrected chi connectivity index (χ4v) is 2.41. The molecule has 0 aliphatic rings. The fourth-order valence-electron chi connectivity index (χ4n) is 2.02. The van der Waals surface area contributed by atoms with E-state index in [-0.39, 0.29) is 6.04 Å². The zero-order valence-electron chi connectivity index (χ0n) is 10.3. The number of rotatable bonds is 6. The van der Waals surface area contributed by atoms with Crippen molar-refractivity contribution in [2.45, 2.75) is 39.2 Å². The van der Waals surface area contributed by atoms with Crippen molar-refractivity contribution in [3.63, 3.8) is 0 Å². The second kappa shape index (κ2) is 7.22. The lowest BCUT2D eigenvalue weighted by atomic mass is 9.92. The normalized spacial score (nSPS) is 14.6. The highest BCUT2D eigenvalue weighted by molar-refractivity contribution is 6.33. The maximum Gasteiger partial charge on any atom is 0.0439 e. The third-order valence-electron chi connectivity index (χ3n) is 3.09. The zero-order chi connectivity index (χ0) is 12.8. The SMILES string of the molecule is CCCC(C)C(Cc1cc(Cl)ccc1Cl)NN. The monoisotopic (exact) mass is 274 g/mol. The van der Waals surface area contributed by atoms with Crippen LogP contribution in [0.15, 0.2) is 18.2 Å². The molecule has 4 heteroatoms. The summed E-state index contributed by atoms with van der Waals surface area (Å²) in [6.07, 6.45) is 3.10. The molecule has 0 aromatic heterocycles. The maximum absolute atomic E-state index is 6.15. The predicted octanol–water partition coefficient (Wildman–Crippen LogP) is 3.80. The van der Waals surface area contributed by atoms with Crippen LogP contribution in [0.3, 0.4) is 0 Å². The number of hydrogen-bond acceptors (Lipinski definition) is 2. The molecule has 2 nitrogen and oxygen atoms in total. The molecule has 0 fully saturated rings. The number of benzene rings is 1. The molecule has 0 radical (unpaired) electrons. The standard InChI is InChI=1S/C13H20Cl2N2/c1-3-4-9(2)13(17-16)8-10-7-11(14)5-6-12(10)15/h5-7,9,13,17H,3-4,8,16H2,1-2H3. The molecule has 1 rings (SSSR count). The molecule has 1 aromatic carbocycles. The van der Waals surface area contributed by atoms with E-state index in [1.807, 2.05) is 12.1 Å². The molecule has 1 aromatic rings.